The highest BCUT2D eigenvalue weighted by Gasteiger charge is 2.42. The van der Waals surface area contributed by atoms with Crippen LogP contribution in [0.3, 0.4) is 0 Å². The molecule has 1 aromatic carbocycles. The van der Waals surface area contributed by atoms with Gasteiger partial charge in [-0.05, 0) is 28.1 Å². The summed E-state index contributed by atoms with van der Waals surface area (Å²) in [6.07, 6.45) is -7.88. The fraction of sp³-hybridized carbons (Fsp3) is 0.538. The maximum atomic E-state index is 13.5. The van der Waals surface area contributed by atoms with Crippen LogP contribution in [0, 0.1) is 0 Å². The quantitative estimate of drug-likeness (QED) is 0.779. The lowest BCUT2D eigenvalue weighted by Crippen LogP contribution is -2.47. The minimum absolute atomic E-state index is 0.0451. The zero-order chi connectivity index (χ0) is 16.5. The van der Waals surface area contributed by atoms with Gasteiger partial charge in [0.1, 0.15) is 11.8 Å². The van der Waals surface area contributed by atoms with Crippen LogP contribution < -0.4 is 5.32 Å². The van der Waals surface area contributed by atoms with Gasteiger partial charge in [-0.25, -0.2) is 8.78 Å². The third kappa shape index (κ3) is 3.52. The molecule has 0 spiro atoms. The van der Waals surface area contributed by atoms with Crippen molar-refractivity contribution in [1.29, 1.82) is 0 Å². The standard InChI is InChI=1S/C13H14BrF5N2O/c14-8-2-1-7(13(17,18)19)9(11(8)22)10(12(15)16)21-5-3-20-4-6-21/h1-2,10,12,20,22H,3-6H2/t10-/m0/s1. The number of nitrogens with one attached hydrogen (secondary N) is 1. The number of rotatable bonds is 3. The van der Waals surface area contributed by atoms with Crippen LogP contribution in [0.25, 0.3) is 0 Å². The fourth-order valence-corrected chi connectivity index (χ4v) is 2.90. The number of piperazine rings is 1. The maximum absolute atomic E-state index is 13.5. The normalized spacial score (nSPS) is 18.7. The Hall–Kier alpha value is -0.930. The van der Waals surface area contributed by atoms with Crippen LogP contribution >= 0.6 is 15.9 Å². The number of aromatic hydroxyl groups is 1. The van der Waals surface area contributed by atoms with E-state index in [0.717, 1.165) is 6.07 Å². The van der Waals surface area contributed by atoms with Crippen molar-refractivity contribution in [3.05, 3.63) is 27.7 Å². The van der Waals surface area contributed by atoms with Gasteiger partial charge in [0.15, 0.2) is 0 Å². The summed E-state index contributed by atoms with van der Waals surface area (Å²) in [5.41, 5.74) is -2.02. The molecule has 0 amide bonds. The average molecular weight is 389 g/mol. The number of nitrogens with zero attached hydrogens (tertiary/aromatic N) is 1. The smallest absolute Gasteiger partial charge is 0.416 e. The molecule has 1 fully saturated rings. The minimum atomic E-state index is -4.82. The van der Waals surface area contributed by atoms with Gasteiger partial charge >= 0.3 is 6.18 Å². The van der Waals surface area contributed by atoms with E-state index in [1.165, 1.54) is 4.90 Å². The Morgan fingerprint density at radius 3 is 2.27 bits per heavy atom. The summed E-state index contributed by atoms with van der Waals surface area (Å²) in [7, 11) is 0. The molecule has 1 heterocycles. The summed E-state index contributed by atoms with van der Waals surface area (Å²) >= 11 is 2.90. The van der Waals surface area contributed by atoms with Gasteiger partial charge in [0.2, 0.25) is 0 Å². The Morgan fingerprint density at radius 2 is 1.77 bits per heavy atom. The number of alkyl halides is 5. The highest BCUT2D eigenvalue weighted by Crippen LogP contribution is 2.45. The number of benzene rings is 1. The van der Waals surface area contributed by atoms with Gasteiger partial charge in [0, 0.05) is 31.7 Å². The van der Waals surface area contributed by atoms with E-state index in [4.69, 9.17) is 0 Å². The van der Waals surface area contributed by atoms with Crippen molar-refractivity contribution in [2.45, 2.75) is 18.6 Å². The first-order valence-corrected chi connectivity index (χ1v) is 7.34. The topological polar surface area (TPSA) is 35.5 Å². The first-order valence-electron chi connectivity index (χ1n) is 6.55. The molecule has 3 nitrogen and oxygen atoms in total. The van der Waals surface area contributed by atoms with E-state index in [0.29, 0.717) is 19.2 Å². The van der Waals surface area contributed by atoms with Crippen molar-refractivity contribution >= 4 is 15.9 Å². The SMILES string of the molecule is Oc1c(Br)ccc(C(F)(F)F)c1[C@@H](C(F)F)N1CCNCC1. The molecule has 1 atom stereocenters. The summed E-state index contributed by atoms with van der Waals surface area (Å²) in [6, 6.07) is -0.102. The van der Waals surface area contributed by atoms with Gasteiger partial charge in [-0.2, -0.15) is 13.2 Å². The molecule has 1 aliphatic rings. The molecular weight excluding hydrogens is 375 g/mol. The van der Waals surface area contributed by atoms with Crippen molar-refractivity contribution < 1.29 is 27.1 Å². The van der Waals surface area contributed by atoms with Gasteiger partial charge in [0.05, 0.1) is 10.0 Å². The summed E-state index contributed by atoms with van der Waals surface area (Å²) < 4.78 is 66.4. The van der Waals surface area contributed by atoms with Crippen molar-refractivity contribution in [1.82, 2.24) is 10.2 Å². The Morgan fingerprint density at radius 1 is 1.18 bits per heavy atom. The summed E-state index contributed by atoms with van der Waals surface area (Å²) in [4.78, 5) is 1.26. The zero-order valence-corrected chi connectivity index (χ0v) is 12.9. The summed E-state index contributed by atoms with van der Waals surface area (Å²) in [5.74, 6) is -0.793. The van der Waals surface area contributed by atoms with E-state index in [9.17, 15) is 27.1 Å². The molecule has 0 saturated carbocycles. The van der Waals surface area contributed by atoms with Gasteiger partial charge in [-0.3, -0.25) is 4.90 Å². The van der Waals surface area contributed by atoms with E-state index >= 15 is 0 Å². The largest absolute Gasteiger partial charge is 0.506 e. The van der Waals surface area contributed by atoms with Gasteiger partial charge in [0.25, 0.3) is 6.43 Å². The van der Waals surface area contributed by atoms with Crippen molar-refractivity contribution in [2.24, 2.45) is 0 Å². The predicted molar refractivity (Wildman–Crippen MR) is 74.0 cm³/mol. The Kier molecular flexibility index (Phi) is 5.29. The van der Waals surface area contributed by atoms with Gasteiger partial charge < -0.3 is 10.4 Å². The van der Waals surface area contributed by atoms with Crippen molar-refractivity contribution in [3.8, 4) is 5.75 Å². The maximum Gasteiger partial charge on any atom is 0.416 e. The van der Waals surface area contributed by atoms with E-state index < -0.39 is 35.5 Å². The molecule has 0 radical (unpaired) electrons. The second kappa shape index (κ2) is 6.67. The lowest BCUT2D eigenvalue weighted by Gasteiger charge is -2.36. The monoisotopic (exact) mass is 388 g/mol. The third-order valence-corrected chi connectivity index (χ3v) is 4.19. The molecule has 22 heavy (non-hydrogen) atoms. The van der Waals surface area contributed by atoms with Crippen LogP contribution in [0.2, 0.25) is 0 Å². The number of phenols is 1. The molecule has 0 unspecified atom stereocenters. The third-order valence-electron chi connectivity index (χ3n) is 3.55. The van der Waals surface area contributed by atoms with E-state index in [1.54, 1.807) is 0 Å². The van der Waals surface area contributed by atoms with Crippen molar-refractivity contribution in [3.63, 3.8) is 0 Å². The number of hydrogen-bond donors (Lipinski definition) is 2. The van der Waals surface area contributed by atoms with Crippen LogP contribution in [-0.4, -0.2) is 42.6 Å². The van der Waals surface area contributed by atoms with Crippen molar-refractivity contribution in [2.75, 3.05) is 26.2 Å². The fourth-order valence-electron chi connectivity index (χ4n) is 2.56. The molecule has 0 bridgehead atoms. The molecule has 1 saturated heterocycles. The van der Waals surface area contributed by atoms with Gasteiger partial charge in [-0.1, -0.05) is 0 Å². The predicted octanol–water partition coefficient (Wildman–Crippen LogP) is 3.38. The van der Waals surface area contributed by atoms with Crippen LogP contribution in [-0.2, 0) is 6.18 Å². The molecule has 2 N–H and O–H groups in total. The second-order valence-corrected chi connectivity index (χ2v) is 5.77. The molecule has 0 aliphatic carbocycles. The summed E-state index contributed by atoms with van der Waals surface area (Å²) in [6.45, 7) is 1.16. The summed E-state index contributed by atoms with van der Waals surface area (Å²) in [5, 5.41) is 12.9. The Bertz CT molecular complexity index is 532. The highest BCUT2D eigenvalue weighted by molar-refractivity contribution is 9.10. The van der Waals surface area contributed by atoms with E-state index in [2.05, 4.69) is 21.2 Å². The first-order chi connectivity index (χ1) is 10.2. The van der Waals surface area contributed by atoms with Crippen LogP contribution in [0.5, 0.6) is 5.75 Å². The Balaban J connectivity index is 2.57. The molecular formula is C13H14BrF5N2O. The lowest BCUT2D eigenvalue weighted by atomic mass is 9.97. The molecule has 124 valence electrons. The molecule has 1 aromatic rings. The molecule has 0 aromatic heterocycles. The average Bonchev–Trinajstić information content (AvgIpc) is 2.43. The van der Waals surface area contributed by atoms with Crippen LogP contribution in [0.15, 0.2) is 16.6 Å². The van der Waals surface area contributed by atoms with E-state index in [1.807, 2.05) is 0 Å². The zero-order valence-electron chi connectivity index (χ0n) is 11.3. The number of halogens is 6. The number of hydrogen-bond acceptors (Lipinski definition) is 3. The van der Waals surface area contributed by atoms with Crippen LogP contribution in [0.4, 0.5) is 22.0 Å². The molecule has 9 heteroatoms. The van der Waals surface area contributed by atoms with Gasteiger partial charge in [-0.15, -0.1) is 0 Å². The number of phenolic OH excluding ortho intramolecular Hbond substituents is 1. The second-order valence-electron chi connectivity index (χ2n) is 4.92. The molecule has 1 aliphatic heterocycles. The minimum Gasteiger partial charge on any atom is -0.506 e. The Labute approximate surface area is 132 Å². The van der Waals surface area contributed by atoms with Crippen LogP contribution in [0.1, 0.15) is 17.2 Å². The first kappa shape index (κ1) is 17.4. The lowest BCUT2D eigenvalue weighted by molar-refractivity contribution is -0.139. The molecule has 2 rings (SSSR count). The van der Waals surface area contributed by atoms with E-state index in [-0.39, 0.29) is 17.6 Å². The highest BCUT2D eigenvalue weighted by atomic mass is 79.9.